The molecule has 1 aliphatic carbocycles. The first-order chi connectivity index (χ1) is 7.07. The van der Waals surface area contributed by atoms with E-state index in [1.165, 1.54) is 7.11 Å². The van der Waals surface area contributed by atoms with E-state index in [9.17, 15) is 9.59 Å². The van der Waals surface area contributed by atoms with Crippen molar-refractivity contribution in [3.05, 3.63) is 0 Å². The van der Waals surface area contributed by atoms with Crippen molar-refractivity contribution in [2.24, 2.45) is 11.7 Å². The van der Waals surface area contributed by atoms with E-state index < -0.39 is 0 Å². The first-order valence-corrected chi connectivity index (χ1v) is 5.22. The quantitative estimate of drug-likeness (QED) is 0.620. The molecule has 1 amide bonds. The fourth-order valence-electron chi connectivity index (χ4n) is 2.27. The summed E-state index contributed by atoms with van der Waals surface area (Å²) in [4.78, 5) is 22.5. The van der Waals surface area contributed by atoms with Crippen LogP contribution in [0.1, 0.15) is 25.7 Å². The second-order valence-electron chi connectivity index (χ2n) is 4.47. The maximum atomic E-state index is 11.6. The van der Waals surface area contributed by atoms with Gasteiger partial charge in [0.2, 0.25) is 5.91 Å². The highest BCUT2D eigenvalue weighted by Crippen LogP contribution is 2.45. The predicted molar refractivity (Wildman–Crippen MR) is 52.8 cm³/mol. The first-order valence-electron chi connectivity index (χ1n) is 5.22. The van der Waals surface area contributed by atoms with Crippen LogP contribution >= 0.6 is 0 Å². The zero-order valence-corrected chi connectivity index (χ0v) is 8.79. The van der Waals surface area contributed by atoms with Crippen molar-refractivity contribution >= 4 is 11.9 Å². The van der Waals surface area contributed by atoms with Gasteiger partial charge in [0.05, 0.1) is 12.6 Å². The Morgan fingerprint density at radius 2 is 2.33 bits per heavy atom. The smallest absolute Gasteiger partial charge is 0.305 e. The Morgan fingerprint density at radius 3 is 2.80 bits per heavy atom. The summed E-state index contributed by atoms with van der Waals surface area (Å²) >= 11 is 0. The second-order valence-corrected chi connectivity index (χ2v) is 4.47. The molecule has 1 saturated heterocycles. The third kappa shape index (κ3) is 1.84. The lowest BCUT2D eigenvalue weighted by Gasteiger charge is -2.06. The lowest BCUT2D eigenvalue weighted by Crippen LogP contribution is -2.33. The van der Waals surface area contributed by atoms with Gasteiger partial charge >= 0.3 is 5.97 Å². The molecule has 0 aromatic heterocycles. The van der Waals surface area contributed by atoms with Crippen molar-refractivity contribution in [1.29, 1.82) is 0 Å². The number of hydrogen-bond acceptors (Lipinski definition) is 4. The number of hydrogen-bond donors (Lipinski definition) is 2. The van der Waals surface area contributed by atoms with E-state index in [2.05, 4.69) is 10.1 Å². The molecule has 3 N–H and O–H groups in total. The predicted octanol–water partition coefficient (Wildman–Crippen LogP) is -0.454. The number of amides is 1. The van der Waals surface area contributed by atoms with E-state index >= 15 is 0 Å². The average Bonchev–Trinajstić information content (AvgIpc) is 2.68. The van der Waals surface area contributed by atoms with Gasteiger partial charge in [-0.25, -0.2) is 0 Å². The van der Waals surface area contributed by atoms with Gasteiger partial charge in [0, 0.05) is 18.4 Å². The van der Waals surface area contributed by atoms with Gasteiger partial charge < -0.3 is 15.8 Å². The minimum absolute atomic E-state index is 0.0341. The van der Waals surface area contributed by atoms with Gasteiger partial charge in [-0.1, -0.05) is 0 Å². The fourth-order valence-corrected chi connectivity index (χ4v) is 2.27. The van der Waals surface area contributed by atoms with Crippen LogP contribution in [0.3, 0.4) is 0 Å². The van der Waals surface area contributed by atoms with E-state index in [1.54, 1.807) is 0 Å². The molecular formula is C10H16N2O3. The number of rotatable bonds is 3. The van der Waals surface area contributed by atoms with E-state index in [1.807, 2.05) is 0 Å². The van der Waals surface area contributed by atoms with Gasteiger partial charge in [-0.3, -0.25) is 9.59 Å². The highest BCUT2D eigenvalue weighted by atomic mass is 16.5. The summed E-state index contributed by atoms with van der Waals surface area (Å²) in [6.07, 6.45) is 2.50. The maximum absolute atomic E-state index is 11.6. The molecule has 5 heteroatoms. The van der Waals surface area contributed by atoms with Crippen molar-refractivity contribution < 1.29 is 14.3 Å². The molecule has 5 nitrogen and oxygen atoms in total. The highest BCUT2D eigenvalue weighted by molar-refractivity contribution is 5.84. The Balaban J connectivity index is 1.84. The lowest BCUT2D eigenvalue weighted by molar-refractivity contribution is -0.141. The van der Waals surface area contributed by atoms with Crippen LogP contribution in [0.5, 0.6) is 0 Å². The minimum atomic E-state index is -0.260. The van der Waals surface area contributed by atoms with Crippen molar-refractivity contribution in [2.75, 3.05) is 7.11 Å². The van der Waals surface area contributed by atoms with E-state index in [-0.39, 0.29) is 29.4 Å². The van der Waals surface area contributed by atoms with Crippen LogP contribution in [0.25, 0.3) is 0 Å². The molecule has 0 aromatic carbocycles. The van der Waals surface area contributed by atoms with E-state index in [4.69, 9.17) is 5.73 Å². The number of nitrogens with one attached hydrogen (secondary N) is 1. The number of methoxy groups -OCH3 is 1. The van der Waals surface area contributed by atoms with Crippen molar-refractivity contribution in [1.82, 2.24) is 5.32 Å². The average molecular weight is 212 g/mol. The van der Waals surface area contributed by atoms with Gasteiger partial charge in [-0.2, -0.15) is 0 Å². The molecular weight excluding hydrogens is 196 g/mol. The van der Waals surface area contributed by atoms with Crippen molar-refractivity contribution in [2.45, 2.75) is 37.3 Å². The molecule has 3 atom stereocenters. The Morgan fingerprint density at radius 1 is 1.67 bits per heavy atom. The molecule has 0 bridgehead atoms. The van der Waals surface area contributed by atoms with Crippen LogP contribution < -0.4 is 11.1 Å². The molecule has 1 spiro atoms. The molecule has 0 aromatic rings. The third-order valence-corrected chi connectivity index (χ3v) is 3.41. The zero-order valence-electron chi connectivity index (χ0n) is 8.79. The van der Waals surface area contributed by atoms with Crippen LogP contribution in [0, 0.1) is 5.92 Å². The van der Waals surface area contributed by atoms with E-state index in [0.717, 1.165) is 12.8 Å². The van der Waals surface area contributed by atoms with Crippen molar-refractivity contribution in [3.63, 3.8) is 0 Å². The third-order valence-electron chi connectivity index (χ3n) is 3.41. The normalized spacial score (nSPS) is 37.9. The van der Waals surface area contributed by atoms with Gasteiger partial charge in [0.25, 0.3) is 0 Å². The summed E-state index contributed by atoms with van der Waals surface area (Å²) in [5.41, 5.74) is 5.62. The Bertz CT molecular complexity index is 305. The highest BCUT2D eigenvalue weighted by Gasteiger charge is 2.58. The summed E-state index contributed by atoms with van der Waals surface area (Å²) < 4.78 is 4.54. The monoisotopic (exact) mass is 212 g/mol. The number of carbonyl (C=O) groups excluding carboxylic acids is 2. The van der Waals surface area contributed by atoms with E-state index in [0.29, 0.717) is 12.8 Å². The van der Waals surface area contributed by atoms with Gasteiger partial charge in [0.15, 0.2) is 0 Å². The molecule has 0 radical (unpaired) electrons. The number of esters is 1. The summed E-state index contributed by atoms with van der Waals surface area (Å²) in [5, 5.41) is 2.93. The van der Waals surface area contributed by atoms with Gasteiger partial charge in [-0.05, 0) is 19.3 Å². The molecule has 1 aliphatic heterocycles. The standard InChI is InChI=1S/C10H16N2O3/c1-15-8(13)3-2-6-4-10(5-7(10)11)12-9(6)14/h6-7H,2-5,11H2,1H3,(H,12,14)/t6-,7+,10+/m1/s1. The molecule has 2 rings (SSSR count). The lowest BCUT2D eigenvalue weighted by atomic mass is 9.98. The van der Waals surface area contributed by atoms with Crippen LogP contribution in [0.4, 0.5) is 0 Å². The Hall–Kier alpha value is -1.10. The zero-order chi connectivity index (χ0) is 11.1. The maximum Gasteiger partial charge on any atom is 0.305 e. The summed E-state index contributed by atoms with van der Waals surface area (Å²) in [7, 11) is 1.36. The van der Waals surface area contributed by atoms with Crippen molar-refractivity contribution in [3.8, 4) is 0 Å². The Kier molecular flexibility index (Phi) is 2.42. The van der Waals surface area contributed by atoms with Gasteiger partial charge in [-0.15, -0.1) is 0 Å². The summed E-state index contributed by atoms with van der Waals surface area (Å²) in [5.74, 6) is -0.298. The second kappa shape index (κ2) is 3.48. The first kappa shape index (κ1) is 10.4. The van der Waals surface area contributed by atoms with Crippen LogP contribution in [-0.4, -0.2) is 30.6 Å². The largest absolute Gasteiger partial charge is 0.469 e. The molecule has 15 heavy (non-hydrogen) atoms. The fraction of sp³-hybridized carbons (Fsp3) is 0.800. The minimum Gasteiger partial charge on any atom is -0.469 e. The topological polar surface area (TPSA) is 81.4 Å². The van der Waals surface area contributed by atoms with Crippen LogP contribution in [0.2, 0.25) is 0 Å². The molecule has 1 saturated carbocycles. The SMILES string of the molecule is COC(=O)CC[C@@H]1C[C@@]2(C[C@@H]2N)NC1=O. The van der Waals surface area contributed by atoms with Crippen LogP contribution in [0.15, 0.2) is 0 Å². The molecule has 84 valence electrons. The number of carbonyl (C=O) groups is 2. The molecule has 2 aliphatic rings. The molecule has 2 fully saturated rings. The molecule has 0 unspecified atom stereocenters. The molecule has 1 heterocycles. The summed E-state index contributed by atoms with van der Waals surface area (Å²) in [6.45, 7) is 0. The number of nitrogens with two attached hydrogens (primary N) is 1. The van der Waals surface area contributed by atoms with Gasteiger partial charge in [0.1, 0.15) is 0 Å². The Labute approximate surface area is 88.3 Å². The summed E-state index contributed by atoms with van der Waals surface area (Å²) in [6, 6.07) is 0.101. The number of ether oxygens (including phenoxy) is 1. The van der Waals surface area contributed by atoms with Crippen LogP contribution in [-0.2, 0) is 14.3 Å².